The number of hydrogen-bond donors (Lipinski definition) is 2. The Labute approximate surface area is 134 Å². The zero-order valence-corrected chi connectivity index (χ0v) is 13.5. The van der Waals surface area contributed by atoms with E-state index in [9.17, 15) is 9.59 Å². The summed E-state index contributed by atoms with van der Waals surface area (Å²) >= 11 is 0. The molecule has 0 saturated heterocycles. The van der Waals surface area contributed by atoms with E-state index in [1.165, 1.54) is 4.68 Å². The van der Waals surface area contributed by atoms with Gasteiger partial charge in [0.1, 0.15) is 6.54 Å². The van der Waals surface area contributed by atoms with Crippen molar-refractivity contribution in [1.82, 2.24) is 20.4 Å². The molecule has 1 heterocycles. The van der Waals surface area contributed by atoms with Crippen molar-refractivity contribution < 1.29 is 4.79 Å². The van der Waals surface area contributed by atoms with Crippen LogP contribution in [0.4, 0.5) is 4.79 Å². The van der Waals surface area contributed by atoms with Crippen molar-refractivity contribution in [3.8, 4) is 12.3 Å². The molecule has 0 aliphatic rings. The van der Waals surface area contributed by atoms with Crippen LogP contribution in [0.25, 0.3) is 10.8 Å². The van der Waals surface area contributed by atoms with Crippen LogP contribution in [0.2, 0.25) is 0 Å². The maximum Gasteiger partial charge on any atom is 0.315 e. The van der Waals surface area contributed by atoms with Crippen LogP contribution in [-0.2, 0) is 13.1 Å². The molecule has 120 valence electrons. The highest BCUT2D eigenvalue weighted by atomic mass is 16.2. The van der Waals surface area contributed by atoms with E-state index >= 15 is 0 Å². The van der Waals surface area contributed by atoms with Gasteiger partial charge in [-0.15, -0.1) is 6.42 Å². The Balaban J connectivity index is 2.33. The topological polar surface area (TPSA) is 76.0 Å². The second-order valence-corrected chi connectivity index (χ2v) is 6.22. The quantitative estimate of drug-likeness (QED) is 0.846. The van der Waals surface area contributed by atoms with Crippen LogP contribution < -0.4 is 16.2 Å². The molecular weight excluding hydrogens is 292 g/mol. The Morgan fingerprint density at radius 1 is 1.30 bits per heavy atom. The number of benzene rings is 1. The van der Waals surface area contributed by atoms with Crippen molar-refractivity contribution >= 4 is 16.8 Å². The van der Waals surface area contributed by atoms with Crippen LogP contribution in [0.3, 0.4) is 0 Å². The summed E-state index contributed by atoms with van der Waals surface area (Å²) in [4.78, 5) is 24.2. The molecule has 0 aliphatic carbocycles. The van der Waals surface area contributed by atoms with Gasteiger partial charge < -0.3 is 10.6 Å². The standard InChI is InChI=1S/C17H20N4O2/c1-5-10-21-15(22)13-9-7-6-8-12(13)14(20-21)11-18-16(23)19-17(2,3)4/h1,6-9H,10-11H2,2-4H3,(H2,18,19,23). The fourth-order valence-electron chi connectivity index (χ4n) is 2.18. The van der Waals surface area contributed by atoms with Crippen LogP contribution in [-0.4, -0.2) is 21.4 Å². The van der Waals surface area contributed by atoms with Gasteiger partial charge in [0.15, 0.2) is 0 Å². The minimum atomic E-state index is -0.332. The van der Waals surface area contributed by atoms with Gasteiger partial charge in [0, 0.05) is 10.9 Å². The zero-order chi connectivity index (χ0) is 17.0. The molecular formula is C17H20N4O2. The van der Waals surface area contributed by atoms with Crippen molar-refractivity contribution in [2.75, 3.05) is 0 Å². The number of urea groups is 1. The lowest BCUT2D eigenvalue weighted by atomic mass is 10.1. The molecule has 0 fully saturated rings. The van der Waals surface area contributed by atoms with Gasteiger partial charge in [-0.05, 0) is 26.8 Å². The number of fused-ring (bicyclic) bond motifs is 1. The first-order chi connectivity index (χ1) is 10.8. The molecule has 2 N–H and O–H groups in total. The van der Waals surface area contributed by atoms with Gasteiger partial charge in [0.05, 0.1) is 17.6 Å². The highest BCUT2D eigenvalue weighted by molar-refractivity contribution is 5.84. The molecule has 0 unspecified atom stereocenters. The molecule has 2 aromatic rings. The molecule has 0 bridgehead atoms. The monoisotopic (exact) mass is 312 g/mol. The normalized spacial score (nSPS) is 11.0. The zero-order valence-electron chi connectivity index (χ0n) is 13.5. The summed E-state index contributed by atoms with van der Waals surface area (Å²) in [6.07, 6.45) is 5.29. The van der Waals surface area contributed by atoms with Crippen molar-refractivity contribution in [2.45, 2.75) is 39.4 Å². The lowest BCUT2D eigenvalue weighted by Gasteiger charge is -2.20. The van der Waals surface area contributed by atoms with Gasteiger partial charge in [0.25, 0.3) is 5.56 Å². The first-order valence-corrected chi connectivity index (χ1v) is 7.30. The smallest absolute Gasteiger partial charge is 0.315 e. The summed E-state index contributed by atoms with van der Waals surface area (Å²) in [7, 11) is 0. The molecule has 6 nitrogen and oxygen atoms in total. The summed E-state index contributed by atoms with van der Waals surface area (Å²) < 4.78 is 1.24. The van der Waals surface area contributed by atoms with E-state index in [4.69, 9.17) is 6.42 Å². The fourth-order valence-corrected chi connectivity index (χ4v) is 2.18. The number of amides is 2. The lowest BCUT2D eigenvalue weighted by molar-refractivity contribution is 0.231. The number of nitrogens with one attached hydrogen (secondary N) is 2. The highest BCUT2D eigenvalue weighted by Crippen LogP contribution is 2.13. The summed E-state index contributed by atoms with van der Waals surface area (Å²) in [5.41, 5.74) is 0.0305. The Bertz CT molecular complexity index is 825. The van der Waals surface area contributed by atoms with Gasteiger partial charge in [-0.2, -0.15) is 5.10 Å². The van der Waals surface area contributed by atoms with Crippen molar-refractivity contribution in [3.05, 3.63) is 40.3 Å². The summed E-state index contributed by atoms with van der Waals surface area (Å²) in [5, 5.41) is 11.1. The first kappa shape index (κ1) is 16.6. The van der Waals surface area contributed by atoms with E-state index in [1.54, 1.807) is 12.1 Å². The van der Waals surface area contributed by atoms with Gasteiger partial charge >= 0.3 is 6.03 Å². The maximum absolute atomic E-state index is 12.3. The van der Waals surface area contributed by atoms with E-state index in [0.717, 1.165) is 0 Å². The Hall–Kier alpha value is -2.81. The van der Waals surface area contributed by atoms with Crippen molar-refractivity contribution in [1.29, 1.82) is 0 Å². The van der Waals surface area contributed by atoms with E-state index in [0.29, 0.717) is 16.5 Å². The third kappa shape index (κ3) is 4.10. The molecule has 0 radical (unpaired) electrons. The molecule has 23 heavy (non-hydrogen) atoms. The maximum atomic E-state index is 12.3. The van der Waals surface area contributed by atoms with Gasteiger partial charge in [0.2, 0.25) is 0 Å². The minimum absolute atomic E-state index is 0.0881. The molecule has 6 heteroatoms. The Kier molecular flexibility index (Phi) is 4.70. The van der Waals surface area contributed by atoms with E-state index in [2.05, 4.69) is 21.7 Å². The third-order valence-electron chi connectivity index (χ3n) is 3.09. The number of hydrogen-bond acceptors (Lipinski definition) is 3. The molecule has 1 aromatic heterocycles. The number of rotatable bonds is 3. The predicted molar refractivity (Wildman–Crippen MR) is 90.0 cm³/mol. The fraction of sp³-hybridized carbons (Fsp3) is 0.353. The number of nitrogens with zero attached hydrogens (tertiary/aromatic N) is 2. The molecule has 0 aliphatic heterocycles. The summed E-state index contributed by atoms with van der Waals surface area (Å²) in [6, 6.07) is 6.85. The lowest BCUT2D eigenvalue weighted by Crippen LogP contribution is -2.46. The Morgan fingerprint density at radius 2 is 1.96 bits per heavy atom. The van der Waals surface area contributed by atoms with E-state index < -0.39 is 0 Å². The molecule has 2 amide bonds. The minimum Gasteiger partial charge on any atom is -0.334 e. The largest absolute Gasteiger partial charge is 0.334 e. The number of terminal acetylenes is 1. The van der Waals surface area contributed by atoms with Crippen molar-refractivity contribution in [2.24, 2.45) is 0 Å². The molecule has 2 rings (SSSR count). The van der Waals surface area contributed by atoms with Crippen LogP contribution in [0.15, 0.2) is 29.1 Å². The van der Waals surface area contributed by atoms with E-state index in [-0.39, 0.29) is 30.2 Å². The second-order valence-electron chi connectivity index (χ2n) is 6.22. The molecule has 0 spiro atoms. The summed E-state index contributed by atoms with van der Waals surface area (Å²) in [5.74, 6) is 2.41. The van der Waals surface area contributed by atoms with Gasteiger partial charge in [-0.1, -0.05) is 24.1 Å². The number of carbonyl (C=O) groups is 1. The SMILES string of the molecule is C#CCn1nc(CNC(=O)NC(C)(C)C)c2ccccc2c1=O. The van der Waals surface area contributed by atoms with Crippen LogP contribution in [0, 0.1) is 12.3 Å². The molecule has 1 aromatic carbocycles. The predicted octanol–water partition coefficient (Wildman–Crippen LogP) is 1.63. The summed E-state index contributed by atoms with van der Waals surface area (Å²) in [6.45, 7) is 5.98. The second kappa shape index (κ2) is 6.53. The van der Waals surface area contributed by atoms with Crippen molar-refractivity contribution in [3.63, 3.8) is 0 Å². The number of carbonyl (C=O) groups excluding carboxylic acids is 1. The number of aromatic nitrogens is 2. The third-order valence-corrected chi connectivity index (χ3v) is 3.09. The molecule has 0 saturated carbocycles. The average molecular weight is 312 g/mol. The first-order valence-electron chi connectivity index (χ1n) is 7.30. The van der Waals surface area contributed by atoms with Gasteiger partial charge in [-0.25, -0.2) is 9.48 Å². The van der Waals surface area contributed by atoms with Gasteiger partial charge in [-0.3, -0.25) is 4.79 Å². The van der Waals surface area contributed by atoms with Crippen LogP contribution in [0.5, 0.6) is 0 Å². The molecule has 0 atom stereocenters. The average Bonchev–Trinajstić information content (AvgIpc) is 2.47. The van der Waals surface area contributed by atoms with E-state index in [1.807, 2.05) is 32.9 Å². The highest BCUT2D eigenvalue weighted by Gasteiger charge is 2.15. The van der Waals surface area contributed by atoms with Crippen LogP contribution in [0.1, 0.15) is 26.5 Å². The Morgan fingerprint density at radius 3 is 2.57 bits per heavy atom. The van der Waals surface area contributed by atoms with Crippen LogP contribution >= 0.6 is 0 Å².